The number of fused-ring (bicyclic) bond motifs is 1. The van der Waals surface area contributed by atoms with E-state index in [4.69, 9.17) is 9.47 Å². The molecule has 0 atom stereocenters. The van der Waals surface area contributed by atoms with Crippen LogP contribution in [0.4, 0.5) is 0 Å². The molecule has 0 saturated carbocycles. The van der Waals surface area contributed by atoms with E-state index in [1.54, 1.807) is 24.9 Å². The lowest BCUT2D eigenvalue weighted by Crippen LogP contribution is -1.97. The molecule has 0 aliphatic carbocycles. The van der Waals surface area contributed by atoms with Crippen molar-refractivity contribution in [3.05, 3.63) is 30.1 Å². The van der Waals surface area contributed by atoms with Crippen LogP contribution in [0.25, 0.3) is 5.52 Å². The second-order valence-corrected chi connectivity index (χ2v) is 2.97. The molecule has 0 aliphatic rings. The van der Waals surface area contributed by atoms with Crippen LogP contribution in [0.5, 0.6) is 5.75 Å². The molecule has 0 aromatic carbocycles. The summed E-state index contributed by atoms with van der Waals surface area (Å²) in [5.41, 5.74) is 1.99. The second-order valence-electron chi connectivity index (χ2n) is 2.97. The third kappa shape index (κ3) is 1.33. The first-order valence-electron chi connectivity index (χ1n) is 4.35. The number of aromatic nitrogens is 2. The minimum Gasteiger partial charge on any atom is -0.494 e. The average molecular weight is 192 g/mol. The molecular weight excluding hydrogens is 180 g/mol. The molecule has 0 N–H and O–H groups in total. The third-order valence-corrected chi connectivity index (χ3v) is 2.12. The Kier molecular flexibility index (Phi) is 2.37. The number of methoxy groups -OCH3 is 2. The number of hydrogen-bond acceptors (Lipinski definition) is 3. The van der Waals surface area contributed by atoms with Gasteiger partial charge in [-0.15, -0.1) is 0 Å². The Bertz CT molecular complexity index is 437. The lowest BCUT2D eigenvalue weighted by atomic mass is 10.2. The van der Waals surface area contributed by atoms with E-state index < -0.39 is 0 Å². The van der Waals surface area contributed by atoms with E-state index in [-0.39, 0.29) is 0 Å². The summed E-state index contributed by atoms with van der Waals surface area (Å²) in [4.78, 5) is 0. The molecule has 74 valence electrons. The number of rotatable bonds is 3. The Labute approximate surface area is 82.1 Å². The molecule has 14 heavy (non-hydrogen) atoms. The molecule has 2 rings (SSSR count). The van der Waals surface area contributed by atoms with Crippen LogP contribution in [0.3, 0.4) is 0 Å². The van der Waals surface area contributed by atoms with Gasteiger partial charge in [-0.25, -0.2) is 4.52 Å². The Morgan fingerprint density at radius 2 is 2.21 bits per heavy atom. The average Bonchev–Trinajstić information content (AvgIpc) is 2.66. The van der Waals surface area contributed by atoms with E-state index in [1.807, 2.05) is 18.3 Å². The van der Waals surface area contributed by atoms with Gasteiger partial charge < -0.3 is 9.47 Å². The van der Waals surface area contributed by atoms with Crippen molar-refractivity contribution in [2.75, 3.05) is 14.2 Å². The normalized spacial score (nSPS) is 10.7. The maximum atomic E-state index is 5.33. The number of ether oxygens (including phenoxy) is 2. The first kappa shape index (κ1) is 9.02. The van der Waals surface area contributed by atoms with Crippen molar-refractivity contribution in [1.82, 2.24) is 9.61 Å². The number of nitrogens with zero attached hydrogens (tertiary/aromatic N) is 2. The standard InChI is InChI=1S/C10H12N2O2/c1-13-7-8-4-6-12-9(3-5-11-12)10(8)14-2/h3-6H,7H2,1-2H3. The summed E-state index contributed by atoms with van der Waals surface area (Å²) >= 11 is 0. The van der Waals surface area contributed by atoms with Crippen LogP contribution in [0.15, 0.2) is 24.5 Å². The molecule has 4 nitrogen and oxygen atoms in total. The quantitative estimate of drug-likeness (QED) is 0.739. The summed E-state index contributed by atoms with van der Waals surface area (Å²) in [6, 6.07) is 3.86. The molecule has 0 radical (unpaired) electrons. The minimum atomic E-state index is 0.546. The zero-order chi connectivity index (χ0) is 9.97. The molecule has 0 aliphatic heterocycles. The summed E-state index contributed by atoms with van der Waals surface area (Å²) in [5, 5.41) is 4.12. The van der Waals surface area contributed by atoms with E-state index in [9.17, 15) is 0 Å². The Morgan fingerprint density at radius 1 is 1.36 bits per heavy atom. The highest BCUT2D eigenvalue weighted by Gasteiger charge is 2.07. The lowest BCUT2D eigenvalue weighted by Gasteiger charge is -2.08. The van der Waals surface area contributed by atoms with Gasteiger partial charge in [-0.1, -0.05) is 0 Å². The summed E-state index contributed by atoms with van der Waals surface area (Å²) in [5.74, 6) is 0.826. The molecule has 2 heterocycles. The van der Waals surface area contributed by atoms with Gasteiger partial charge in [0.05, 0.1) is 19.9 Å². The molecule has 0 spiro atoms. The Hall–Kier alpha value is -1.55. The highest BCUT2D eigenvalue weighted by atomic mass is 16.5. The van der Waals surface area contributed by atoms with Crippen molar-refractivity contribution < 1.29 is 9.47 Å². The lowest BCUT2D eigenvalue weighted by molar-refractivity contribution is 0.181. The monoisotopic (exact) mass is 192 g/mol. The first-order chi connectivity index (χ1) is 6.86. The number of pyridine rings is 1. The molecule has 0 bridgehead atoms. The van der Waals surface area contributed by atoms with Crippen molar-refractivity contribution in [2.24, 2.45) is 0 Å². The zero-order valence-electron chi connectivity index (χ0n) is 8.23. The molecule has 0 saturated heterocycles. The first-order valence-corrected chi connectivity index (χ1v) is 4.35. The molecule has 4 heteroatoms. The van der Waals surface area contributed by atoms with Gasteiger partial charge in [-0.3, -0.25) is 0 Å². The van der Waals surface area contributed by atoms with Gasteiger partial charge in [0.1, 0.15) is 11.3 Å². The summed E-state index contributed by atoms with van der Waals surface area (Å²) in [6.45, 7) is 0.546. The Morgan fingerprint density at radius 3 is 2.93 bits per heavy atom. The van der Waals surface area contributed by atoms with Gasteiger partial charge in [0, 0.05) is 18.9 Å². The van der Waals surface area contributed by atoms with Crippen LogP contribution in [0.1, 0.15) is 5.56 Å². The van der Waals surface area contributed by atoms with Crippen molar-refractivity contribution in [3.8, 4) is 5.75 Å². The van der Waals surface area contributed by atoms with E-state index in [0.717, 1.165) is 16.8 Å². The van der Waals surface area contributed by atoms with Gasteiger partial charge in [0.25, 0.3) is 0 Å². The predicted molar refractivity (Wildman–Crippen MR) is 52.5 cm³/mol. The number of hydrogen-bond donors (Lipinski definition) is 0. The fourth-order valence-corrected chi connectivity index (χ4v) is 1.52. The van der Waals surface area contributed by atoms with E-state index >= 15 is 0 Å². The van der Waals surface area contributed by atoms with Crippen molar-refractivity contribution in [1.29, 1.82) is 0 Å². The van der Waals surface area contributed by atoms with Crippen LogP contribution >= 0.6 is 0 Å². The van der Waals surface area contributed by atoms with Crippen molar-refractivity contribution >= 4 is 5.52 Å². The van der Waals surface area contributed by atoms with Gasteiger partial charge >= 0.3 is 0 Å². The molecule has 2 aromatic heterocycles. The van der Waals surface area contributed by atoms with Crippen LogP contribution in [-0.4, -0.2) is 23.8 Å². The summed E-state index contributed by atoms with van der Waals surface area (Å²) in [6.07, 6.45) is 3.64. The maximum absolute atomic E-state index is 5.33. The largest absolute Gasteiger partial charge is 0.494 e. The van der Waals surface area contributed by atoms with Crippen LogP contribution < -0.4 is 4.74 Å². The fraction of sp³-hybridized carbons (Fsp3) is 0.300. The second kappa shape index (κ2) is 3.67. The maximum Gasteiger partial charge on any atom is 0.150 e. The molecule has 0 unspecified atom stereocenters. The predicted octanol–water partition coefficient (Wildman–Crippen LogP) is 1.49. The highest BCUT2D eigenvalue weighted by molar-refractivity contribution is 5.62. The van der Waals surface area contributed by atoms with Gasteiger partial charge in [-0.2, -0.15) is 5.10 Å². The van der Waals surface area contributed by atoms with E-state index in [0.29, 0.717) is 6.61 Å². The molecule has 0 fully saturated rings. The Balaban J connectivity index is 2.60. The van der Waals surface area contributed by atoms with E-state index in [1.165, 1.54) is 0 Å². The van der Waals surface area contributed by atoms with Gasteiger partial charge in [-0.05, 0) is 12.1 Å². The molecular formula is C10H12N2O2. The van der Waals surface area contributed by atoms with Crippen LogP contribution in [0.2, 0.25) is 0 Å². The van der Waals surface area contributed by atoms with Crippen LogP contribution in [0, 0.1) is 0 Å². The minimum absolute atomic E-state index is 0.546. The summed E-state index contributed by atoms with van der Waals surface area (Å²) in [7, 11) is 3.32. The fourth-order valence-electron chi connectivity index (χ4n) is 1.52. The molecule has 2 aromatic rings. The smallest absolute Gasteiger partial charge is 0.150 e. The van der Waals surface area contributed by atoms with Crippen molar-refractivity contribution in [3.63, 3.8) is 0 Å². The third-order valence-electron chi connectivity index (χ3n) is 2.12. The highest BCUT2D eigenvalue weighted by Crippen LogP contribution is 2.24. The van der Waals surface area contributed by atoms with E-state index in [2.05, 4.69) is 5.10 Å². The molecule has 0 amide bonds. The summed E-state index contributed by atoms with van der Waals surface area (Å²) < 4.78 is 12.2. The van der Waals surface area contributed by atoms with Crippen LogP contribution in [-0.2, 0) is 11.3 Å². The van der Waals surface area contributed by atoms with Crippen molar-refractivity contribution in [2.45, 2.75) is 6.61 Å². The van der Waals surface area contributed by atoms with Gasteiger partial charge in [0.2, 0.25) is 0 Å². The topological polar surface area (TPSA) is 35.8 Å². The zero-order valence-corrected chi connectivity index (χ0v) is 8.23. The van der Waals surface area contributed by atoms with Gasteiger partial charge in [0.15, 0.2) is 0 Å². The SMILES string of the molecule is COCc1ccn2nccc2c1OC.